The van der Waals surface area contributed by atoms with Crippen LogP contribution >= 0.6 is 23.5 Å². The minimum Gasteiger partial charge on any atom is -0.384 e. The van der Waals surface area contributed by atoms with Gasteiger partial charge in [0.1, 0.15) is 5.60 Å². The smallest absolute Gasteiger partial charge is 0.102 e. The molecular formula is C19H23NO2S3. The van der Waals surface area contributed by atoms with Crippen molar-refractivity contribution in [1.29, 1.82) is 0 Å². The zero-order chi connectivity index (χ0) is 17.5. The number of aliphatic hydroxyl groups is 1. The molecule has 1 heterocycles. The van der Waals surface area contributed by atoms with Crippen LogP contribution in [0.25, 0.3) is 0 Å². The molecule has 1 fully saturated rings. The molecule has 1 aromatic rings. The molecule has 5 rings (SSSR count). The molecule has 3 nitrogen and oxygen atoms in total. The highest BCUT2D eigenvalue weighted by atomic mass is 32.2. The zero-order valence-corrected chi connectivity index (χ0v) is 16.7. The van der Waals surface area contributed by atoms with Gasteiger partial charge in [0.2, 0.25) is 0 Å². The Hall–Kier alpha value is -0.690. The molecule has 1 aromatic carbocycles. The highest BCUT2D eigenvalue weighted by Crippen LogP contribution is 2.58. The summed E-state index contributed by atoms with van der Waals surface area (Å²) in [5.74, 6) is 2.79. The fraction of sp³-hybridized carbons (Fsp3) is 0.474. The van der Waals surface area contributed by atoms with Gasteiger partial charge in [-0.3, -0.25) is 0 Å². The fourth-order valence-corrected chi connectivity index (χ4v) is 9.51. The lowest BCUT2D eigenvalue weighted by molar-refractivity contribution is 0.0666. The number of nitrogens with zero attached hydrogens (tertiary/aromatic N) is 1. The molecule has 4 atom stereocenters. The van der Waals surface area contributed by atoms with E-state index in [-0.39, 0.29) is 15.7 Å². The quantitative estimate of drug-likeness (QED) is 0.794. The molecule has 0 unspecified atom stereocenters. The van der Waals surface area contributed by atoms with Gasteiger partial charge in [0, 0.05) is 35.3 Å². The number of hydrogen-bond acceptors (Lipinski definition) is 5. The maximum atomic E-state index is 13.5. The number of rotatable bonds is 3. The van der Waals surface area contributed by atoms with Crippen molar-refractivity contribution in [2.24, 2.45) is 16.2 Å². The minimum atomic E-state index is -2.66. The number of hydrogen-bond donors (Lipinski definition) is 1. The minimum absolute atomic E-state index is 0.0214. The maximum absolute atomic E-state index is 13.5. The van der Waals surface area contributed by atoms with Crippen LogP contribution in [0.4, 0.5) is 0 Å². The molecule has 0 saturated carbocycles. The number of fused-ring (bicyclic) bond motifs is 1. The Morgan fingerprint density at radius 2 is 1.92 bits per heavy atom. The molecule has 3 aliphatic carbocycles. The van der Waals surface area contributed by atoms with Gasteiger partial charge in [0.05, 0.1) is 19.6 Å². The summed E-state index contributed by atoms with van der Waals surface area (Å²) in [4.78, 5) is 0.696. The SMILES string of the molecule is CN=[S@@](=O)(C[C@]1(O)C=C[C@H]2C=C[C@H]1CC21SCCS1)c1ccccc1. The predicted molar refractivity (Wildman–Crippen MR) is 109 cm³/mol. The summed E-state index contributed by atoms with van der Waals surface area (Å²) in [6.45, 7) is 0. The van der Waals surface area contributed by atoms with Crippen molar-refractivity contribution < 1.29 is 9.32 Å². The van der Waals surface area contributed by atoms with Crippen LogP contribution < -0.4 is 0 Å². The molecule has 1 saturated heterocycles. The van der Waals surface area contributed by atoms with Crippen LogP contribution in [0.3, 0.4) is 0 Å². The third kappa shape index (κ3) is 3.01. The normalized spacial score (nSPS) is 34.8. The van der Waals surface area contributed by atoms with Gasteiger partial charge < -0.3 is 5.11 Å². The molecule has 2 bridgehead atoms. The van der Waals surface area contributed by atoms with Crippen molar-refractivity contribution >= 4 is 33.3 Å². The average Bonchev–Trinajstić information content (AvgIpc) is 2.99. The summed E-state index contributed by atoms with van der Waals surface area (Å²) in [6, 6.07) is 9.34. The Balaban J connectivity index is 1.69. The van der Waals surface area contributed by atoms with Gasteiger partial charge in [0.15, 0.2) is 0 Å². The van der Waals surface area contributed by atoms with Gasteiger partial charge >= 0.3 is 0 Å². The number of allylic oxidation sites excluding steroid dienone is 2. The summed E-state index contributed by atoms with van der Waals surface area (Å²) < 4.78 is 17.9. The van der Waals surface area contributed by atoms with Crippen molar-refractivity contribution in [2.45, 2.75) is 21.0 Å². The first-order chi connectivity index (χ1) is 12.0. The Labute approximate surface area is 158 Å². The summed E-state index contributed by atoms with van der Waals surface area (Å²) in [5, 5.41) is 11.5. The summed E-state index contributed by atoms with van der Waals surface area (Å²) in [5.41, 5.74) is -1.12. The summed E-state index contributed by atoms with van der Waals surface area (Å²) in [6.07, 6.45) is 9.33. The van der Waals surface area contributed by atoms with Gasteiger partial charge in [0.25, 0.3) is 0 Å². The van der Waals surface area contributed by atoms with Crippen molar-refractivity contribution in [1.82, 2.24) is 0 Å². The summed E-state index contributed by atoms with van der Waals surface area (Å²) in [7, 11) is -1.07. The van der Waals surface area contributed by atoms with E-state index in [1.807, 2.05) is 59.9 Å². The number of thioether (sulfide) groups is 2. The topological polar surface area (TPSA) is 49.7 Å². The van der Waals surface area contributed by atoms with E-state index in [0.29, 0.717) is 10.8 Å². The van der Waals surface area contributed by atoms with E-state index in [0.717, 1.165) is 6.42 Å². The van der Waals surface area contributed by atoms with Crippen LogP contribution in [0.5, 0.6) is 0 Å². The third-order valence-electron chi connectivity index (χ3n) is 5.41. The molecule has 0 aromatic heterocycles. The van der Waals surface area contributed by atoms with Crippen LogP contribution in [-0.2, 0) is 9.73 Å². The van der Waals surface area contributed by atoms with E-state index >= 15 is 0 Å². The maximum Gasteiger partial charge on any atom is 0.102 e. The second-order valence-electron chi connectivity index (χ2n) is 6.86. The third-order valence-corrected chi connectivity index (χ3v) is 11.5. The van der Waals surface area contributed by atoms with Gasteiger partial charge in [-0.05, 0) is 18.6 Å². The van der Waals surface area contributed by atoms with Crippen molar-refractivity contribution in [3.63, 3.8) is 0 Å². The molecule has 134 valence electrons. The fourth-order valence-electron chi connectivity index (χ4n) is 3.99. The first-order valence-corrected chi connectivity index (χ1v) is 12.2. The highest BCUT2D eigenvalue weighted by molar-refractivity contribution is 8.21. The molecule has 0 amide bonds. The van der Waals surface area contributed by atoms with Gasteiger partial charge in [-0.15, -0.1) is 23.5 Å². The molecule has 0 radical (unpaired) electrons. The second kappa shape index (κ2) is 6.48. The lowest BCUT2D eigenvalue weighted by Gasteiger charge is -2.40. The first kappa shape index (κ1) is 17.7. The van der Waals surface area contributed by atoms with E-state index in [2.05, 4.69) is 22.6 Å². The van der Waals surface area contributed by atoms with Crippen molar-refractivity contribution in [2.75, 3.05) is 24.3 Å². The Morgan fingerprint density at radius 3 is 2.60 bits per heavy atom. The molecule has 1 N–H and O–H groups in total. The van der Waals surface area contributed by atoms with Gasteiger partial charge in [-0.1, -0.05) is 42.5 Å². The number of benzene rings is 1. The van der Waals surface area contributed by atoms with E-state index in [9.17, 15) is 9.32 Å². The molecule has 25 heavy (non-hydrogen) atoms. The van der Waals surface area contributed by atoms with Gasteiger partial charge in [-0.25, -0.2) is 8.57 Å². The molecule has 6 heteroatoms. The standard InChI is InChI=1S/C19H23NO2S3/c1-20-25(22,17-5-3-2-4-6-17)14-18(21)10-9-15-7-8-16(18)13-19(15)23-11-12-24-19/h2-10,15-16,21H,11-14H2,1H3/t15-,16+,18-,25-/m1/s1. The van der Waals surface area contributed by atoms with Crippen LogP contribution in [0, 0.1) is 11.8 Å². The second-order valence-corrected chi connectivity index (χ2v) is 12.4. The van der Waals surface area contributed by atoms with Crippen LogP contribution in [0.15, 0.2) is 63.9 Å². The van der Waals surface area contributed by atoms with Crippen molar-refractivity contribution in [3.8, 4) is 0 Å². The molecular weight excluding hydrogens is 370 g/mol. The average molecular weight is 394 g/mol. The Bertz CT molecular complexity index is 820. The first-order valence-electron chi connectivity index (χ1n) is 8.56. The molecule has 1 aliphatic heterocycles. The predicted octanol–water partition coefficient (Wildman–Crippen LogP) is 3.81. The Morgan fingerprint density at radius 1 is 1.20 bits per heavy atom. The van der Waals surface area contributed by atoms with E-state index in [4.69, 9.17) is 0 Å². The monoisotopic (exact) mass is 393 g/mol. The van der Waals surface area contributed by atoms with Crippen LogP contribution in [-0.4, -0.2) is 43.3 Å². The zero-order valence-electron chi connectivity index (χ0n) is 14.2. The highest BCUT2D eigenvalue weighted by Gasteiger charge is 2.51. The largest absolute Gasteiger partial charge is 0.384 e. The lowest BCUT2D eigenvalue weighted by Crippen LogP contribution is -2.44. The van der Waals surface area contributed by atoms with E-state index in [1.54, 1.807) is 7.05 Å². The van der Waals surface area contributed by atoms with Gasteiger partial charge in [-0.2, -0.15) is 0 Å². The van der Waals surface area contributed by atoms with Crippen LogP contribution in [0.1, 0.15) is 6.42 Å². The van der Waals surface area contributed by atoms with Crippen LogP contribution in [0.2, 0.25) is 0 Å². The Kier molecular flexibility index (Phi) is 4.59. The molecule has 4 aliphatic rings. The van der Waals surface area contributed by atoms with E-state index in [1.165, 1.54) is 11.5 Å². The summed E-state index contributed by atoms with van der Waals surface area (Å²) >= 11 is 4.04. The van der Waals surface area contributed by atoms with Crippen molar-refractivity contribution in [3.05, 3.63) is 54.6 Å². The lowest BCUT2D eigenvalue weighted by atomic mass is 9.82. The molecule has 1 spiro atoms. The van der Waals surface area contributed by atoms with E-state index < -0.39 is 15.3 Å².